The summed E-state index contributed by atoms with van der Waals surface area (Å²) in [6.07, 6.45) is -2.49. The number of hydrogen-bond acceptors (Lipinski definition) is 4. The Kier molecular flexibility index (Phi) is 4.40. The number of likely N-dealkylation sites (N-methyl/N-ethyl adjacent to an activating group) is 1. The Bertz CT molecular complexity index is 1110. The summed E-state index contributed by atoms with van der Waals surface area (Å²) in [5.74, 6) is -0.977. The van der Waals surface area contributed by atoms with Crippen molar-refractivity contribution in [1.82, 2.24) is 14.7 Å². The second-order valence-corrected chi connectivity index (χ2v) is 6.49. The first-order chi connectivity index (χ1) is 13.8. The van der Waals surface area contributed by atoms with Crippen molar-refractivity contribution in [3.8, 4) is 5.75 Å². The van der Waals surface area contributed by atoms with Crippen molar-refractivity contribution in [3.05, 3.63) is 60.2 Å². The van der Waals surface area contributed by atoms with E-state index in [1.54, 1.807) is 31.3 Å². The van der Waals surface area contributed by atoms with Crippen LogP contribution in [-0.2, 0) is 11.0 Å². The van der Waals surface area contributed by atoms with Crippen molar-refractivity contribution in [2.75, 3.05) is 18.6 Å². The van der Waals surface area contributed by atoms with Gasteiger partial charge in [0.1, 0.15) is 18.4 Å². The van der Waals surface area contributed by atoms with E-state index >= 15 is 0 Å². The maximum Gasteiger partial charge on any atom is 0.417 e. The third-order valence-corrected chi connectivity index (χ3v) is 4.62. The molecule has 2 amide bonds. The van der Waals surface area contributed by atoms with Gasteiger partial charge in [-0.05, 0) is 24.3 Å². The van der Waals surface area contributed by atoms with Crippen LogP contribution in [0.5, 0.6) is 5.75 Å². The smallest absolute Gasteiger partial charge is 0.417 e. The van der Waals surface area contributed by atoms with Crippen molar-refractivity contribution in [2.24, 2.45) is 0 Å². The van der Waals surface area contributed by atoms with Gasteiger partial charge in [-0.15, -0.1) is 0 Å². The lowest BCUT2D eigenvalue weighted by Gasteiger charge is -2.20. The molecule has 0 saturated carbocycles. The van der Waals surface area contributed by atoms with Gasteiger partial charge in [0.25, 0.3) is 11.8 Å². The van der Waals surface area contributed by atoms with Crippen LogP contribution >= 0.6 is 0 Å². The first kappa shape index (κ1) is 18.8. The number of carbonyl (C=O) groups excluding carboxylic acids is 2. The molecule has 4 rings (SSSR count). The number of benzene rings is 1. The summed E-state index contributed by atoms with van der Waals surface area (Å²) in [5, 5.41) is 2.51. The van der Waals surface area contributed by atoms with Crippen LogP contribution in [0, 0.1) is 0 Å². The van der Waals surface area contributed by atoms with E-state index in [2.05, 4.69) is 10.3 Å². The minimum absolute atomic E-state index is 0.122. The van der Waals surface area contributed by atoms with Gasteiger partial charge in [-0.25, -0.2) is 4.98 Å². The number of amides is 2. The lowest BCUT2D eigenvalue weighted by atomic mass is 10.2. The summed E-state index contributed by atoms with van der Waals surface area (Å²) < 4.78 is 45.6. The van der Waals surface area contributed by atoms with Gasteiger partial charge in [0, 0.05) is 13.2 Å². The van der Waals surface area contributed by atoms with E-state index < -0.39 is 29.6 Å². The Morgan fingerprint density at radius 2 is 2.00 bits per heavy atom. The monoisotopic (exact) mass is 404 g/mol. The molecule has 150 valence electrons. The van der Waals surface area contributed by atoms with Crippen molar-refractivity contribution < 1.29 is 27.5 Å². The van der Waals surface area contributed by atoms with Crippen LogP contribution < -0.4 is 15.0 Å². The molecule has 0 saturated heterocycles. The molecule has 1 aromatic carbocycles. The molecule has 0 bridgehead atoms. The number of para-hydroxylation sites is 2. The third-order valence-electron chi connectivity index (χ3n) is 4.62. The molecule has 2 aromatic heterocycles. The van der Waals surface area contributed by atoms with Gasteiger partial charge < -0.3 is 15.0 Å². The van der Waals surface area contributed by atoms with Gasteiger partial charge in [-0.3, -0.25) is 14.0 Å². The molecular formula is C19H15F3N4O3. The summed E-state index contributed by atoms with van der Waals surface area (Å²) in [4.78, 5) is 30.7. The molecular weight excluding hydrogens is 389 g/mol. The van der Waals surface area contributed by atoms with Gasteiger partial charge in [0.15, 0.2) is 0 Å². The first-order valence-corrected chi connectivity index (χ1v) is 8.60. The second-order valence-electron chi connectivity index (χ2n) is 6.49. The van der Waals surface area contributed by atoms with Gasteiger partial charge in [0.05, 0.1) is 23.0 Å². The Balaban J connectivity index is 1.61. The highest BCUT2D eigenvalue weighted by atomic mass is 19.4. The highest BCUT2D eigenvalue weighted by Crippen LogP contribution is 2.31. The van der Waals surface area contributed by atoms with Crippen LogP contribution in [0.4, 0.5) is 18.9 Å². The van der Waals surface area contributed by atoms with E-state index in [0.717, 1.165) is 16.7 Å². The van der Waals surface area contributed by atoms with Crippen molar-refractivity contribution in [2.45, 2.75) is 12.2 Å². The summed E-state index contributed by atoms with van der Waals surface area (Å²) in [7, 11) is 1.55. The Morgan fingerprint density at radius 1 is 1.24 bits per heavy atom. The number of rotatable bonds is 2. The predicted molar refractivity (Wildman–Crippen MR) is 96.8 cm³/mol. The van der Waals surface area contributed by atoms with E-state index in [4.69, 9.17) is 4.74 Å². The number of halogens is 3. The highest BCUT2D eigenvalue weighted by molar-refractivity contribution is 6.02. The summed E-state index contributed by atoms with van der Waals surface area (Å²) in [6.45, 7) is -0.122. The van der Waals surface area contributed by atoms with Crippen LogP contribution in [0.1, 0.15) is 16.2 Å². The van der Waals surface area contributed by atoms with E-state index in [1.807, 2.05) is 0 Å². The van der Waals surface area contributed by atoms with E-state index in [9.17, 15) is 22.8 Å². The maximum absolute atomic E-state index is 13.0. The van der Waals surface area contributed by atoms with Gasteiger partial charge in [-0.1, -0.05) is 12.1 Å². The zero-order valence-electron chi connectivity index (χ0n) is 15.1. The molecule has 0 fully saturated rings. The van der Waals surface area contributed by atoms with Crippen molar-refractivity contribution in [1.29, 1.82) is 0 Å². The normalized spacial score (nSPS) is 16.9. The van der Waals surface area contributed by atoms with Crippen LogP contribution in [-0.4, -0.2) is 40.9 Å². The fourth-order valence-electron chi connectivity index (χ4n) is 3.11. The molecule has 1 aliphatic heterocycles. The van der Waals surface area contributed by atoms with Gasteiger partial charge in [-0.2, -0.15) is 13.2 Å². The molecule has 7 nitrogen and oxygen atoms in total. The summed E-state index contributed by atoms with van der Waals surface area (Å²) in [6, 6.07) is 8.01. The predicted octanol–water partition coefficient (Wildman–Crippen LogP) is 2.51. The van der Waals surface area contributed by atoms with Crippen molar-refractivity contribution >= 4 is 23.0 Å². The number of pyridine rings is 1. The first-order valence-electron chi connectivity index (χ1n) is 8.60. The zero-order valence-corrected chi connectivity index (χ0v) is 15.1. The van der Waals surface area contributed by atoms with Crippen LogP contribution in [0.3, 0.4) is 0 Å². The maximum atomic E-state index is 13.0. The SMILES string of the molecule is CN1C(=O)C(NC(=O)c2ncc3ccc(C(F)(F)F)cn23)COc2ccccc21. The van der Waals surface area contributed by atoms with E-state index in [-0.39, 0.29) is 12.4 Å². The molecule has 3 aromatic rings. The standard InChI is InChI=1S/C19H15F3N4O3/c1-25-14-4-2-3-5-15(14)29-10-13(18(25)28)24-17(27)16-23-8-12-7-6-11(9-26(12)16)19(20,21)22/h2-9,13H,10H2,1H3,(H,24,27). The lowest BCUT2D eigenvalue weighted by Crippen LogP contribution is -2.49. The topological polar surface area (TPSA) is 75.9 Å². The molecule has 1 unspecified atom stereocenters. The fourth-order valence-corrected chi connectivity index (χ4v) is 3.11. The van der Waals surface area contributed by atoms with E-state index in [1.165, 1.54) is 17.2 Å². The summed E-state index contributed by atoms with van der Waals surface area (Å²) >= 11 is 0. The number of aromatic nitrogens is 2. The number of nitrogens with one attached hydrogen (secondary N) is 1. The Morgan fingerprint density at radius 3 is 2.76 bits per heavy atom. The zero-order chi connectivity index (χ0) is 20.8. The molecule has 0 aliphatic carbocycles. The quantitative estimate of drug-likeness (QED) is 0.712. The second kappa shape index (κ2) is 6.80. The molecule has 10 heteroatoms. The number of anilines is 1. The van der Waals surface area contributed by atoms with Crippen LogP contribution in [0.2, 0.25) is 0 Å². The third kappa shape index (κ3) is 3.37. The lowest BCUT2D eigenvalue weighted by molar-refractivity contribution is -0.137. The molecule has 0 spiro atoms. The molecule has 0 radical (unpaired) electrons. The molecule has 1 aliphatic rings. The molecule has 1 atom stereocenters. The number of nitrogens with zero attached hydrogens (tertiary/aromatic N) is 3. The van der Waals surface area contributed by atoms with Crippen LogP contribution in [0.15, 0.2) is 48.8 Å². The number of carbonyl (C=O) groups is 2. The molecule has 1 N–H and O–H groups in total. The number of ether oxygens (including phenoxy) is 1. The fraction of sp³-hybridized carbons (Fsp3) is 0.211. The molecule has 29 heavy (non-hydrogen) atoms. The average Bonchev–Trinajstić information content (AvgIpc) is 3.08. The number of alkyl halides is 3. The van der Waals surface area contributed by atoms with Gasteiger partial charge in [0.2, 0.25) is 5.82 Å². The Labute approximate surface area is 162 Å². The molecule has 3 heterocycles. The van der Waals surface area contributed by atoms with E-state index in [0.29, 0.717) is 17.0 Å². The number of hydrogen-bond donors (Lipinski definition) is 1. The minimum atomic E-state index is -4.56. The highest BCUT2D eigenvalue weighted by Gasteiger charge is 2.33. The summed E-state index contributed by atoms with van der Waals surface area (Å²) in [5.41, 5.74) is -0.0486. The average molecular weight is 404 g/mol. The largest absolute Gasteiger partial charge is 0.489 e. The Hall–Kier alpha value is -3.56. The van der Waals surface area contributed by atoms with Gasteiger partial charge >= 0.3 is 6.18 Å². The van der Waals surface area contributed by atoms with Crippen LogP contribution in [0.25, 0.3) is 5.52 Å². The number of fused-ring (bicyclic) bond motifs is 2. The minimum Gasteiger partial charge on any atom is -0.489 e. The number of imidazole rings is 1. The van der Waals surface area contributed by atoms with Crippen molar-refractivity contribution in [3.63, 3.8) is 0 Å².